The summed E-state index contributed by atoms with van der Waals surface area (Å²) in [4.78, 5) is 23.5. The molecule has 1 aliphatic heterocycles. The molecule has 0 bridgehead atoms. The molecule has 1 heterocycles. The molecule has 0 N–H and O–H groups in total. The molecule has 1 atom stereocenters. The molecule has 0 radical (unpaired) electrons. The summed E-state index contributed by atoms with van der Waals surface area (Å²) in [5, 5.41) is -0.871. The van der Waals surface area contributed by atoms with Crippen molar-refractivity contribution in [3.63, 3.8) is 0 Å². The molecule has 1 fully saturated rings. The molecule has 1 aliphatic rings. The van der Waals surface area contributed by atoms with Crippen molar-refractivity contribution in [2.45, 2.75) is 18.8 Å². The average Bonchev–Trinajstić information content (AvgIpc) is 2.78. The molecule has 1 unspecified atom stereocenters. The predicted octanol–water partition coefficient (Wildman–Crippen LogP) is 3.84. The molecule has 0 spiro atoms. The minimum Gasteiger partial charge on any atom is -0.312 e. The lowest BCUT2D eigenvalue weighted by Gasteiger charge is -2.20. The standard InChI is InChI=1S/C13H8ClF6NO2/c14-11(23)6-1-10(22)21(5-6)9-3-7(12(15,16)17)2-8(4-9)13(18,19)20/h2-4,6H,1,5H2. The molecular weight excluding hydrogens is 352 g/mol. The first-order valence-corrected chi connectivity index (χ1v) is 6.56. The van der Waals surface area contributed by atoms with E-state index >= 15 is 0 Å². The van der Waals surface area contributed by atoms with Crippen molar-refractivity contribution in [1.29, 1.82) is 0 Å². The van der Waals surface area contributed by atoms with E-state index in [2.05, 4.69) is 0 Å². The van der Waals surface area contributed by atoms with E-state index in [1.54, 1.807) is 0 Å². The fourth-order valence-corrected chi connectivity index (χ4v) is 2.35. The van der Waals surface area contributed by atoms with E-state index in [1.807, 2.05) is 0 Å². The Morgan fingerprint density at radius 1 is 1.04 bits per heavy atom. The van der Waals surface area contributed by atoms with Gasteiger partial charge in [0.15, 0.2) is 0 Å². The summed E-state index contributed by atoms with van der Waals surface area (Å²) < 4.78 is 76.7. The van der Waals surface area contributed by atoms with Crippen LogP contribution in [0.2, 0.25) is 0 Å². The molecular formula is C13H8ClF6NO2. The van der Waals surface area contributed by atoms with Gasteiger partial charge in [-0.2, -0.15) is 26.3 Å². The maximum atomic E-state index is 12.8. The second-order valence-corrected chi connectivity index (χ2v) is 5.35. The van der Waals surface area contributed by atoms with Crippen LogP contribution in [-0.4, -0.2) is 17.7 Å². The zero-order chi connectivity index (χ0) is 17.6. The van der Waals surface area contributed by atoms with Crippen LogP contribution in [-0.2, 0) is 21.9 Å². The Labute approximate surface area is 130 Å². The van der Waals surface area contributed by atoms with Gasteiger partial charge in [-0.3, -0.25) is 9.59 Å². The number of anilines is 1. The van der Waals surface area contributed by atoms with Crippen LogP contribution < -0.4 is 4.90 Å². The monoisotopic (exact) mass is 359 g/mol. The van der Waals surface area contributed by atoms with Crippen molar-refractivity contribution in [2.24, 2.45) is 5.92 Å². The van der Waals surface area contributed by atoms with Crippen LogP contribution in [0, 0.1) is 5.92 Å². The minimum absolute atomic E-state index is 0.0335. The van der Waals surface area contributed by atoms with Gasteiger partial charge in [-0.25, -0.2) is 0 Å². The molecule has 0 saturated carbocycles. The van der Waals surface area contributed by atoms with Crippen LogP contribution in [0.25, 0.3) is 0 Å². The lowest BCUT2D eigenvalue weighted by Crippen LogP contribution is -2.26. The number of amides is 1. The molecule has 0 aromatic heterocycles. The third-order valence-electron chi connectivity index (χ3n) is 3.33. The first kappa shape index (κ1) is 17.6. The Balaban J connectivity index is 2.50. The van der Waals surface area contributed by atoms with Crippen molar-refractivity contribution in [1.82, 2.24) is 0 Å². The van der Waals surface area contributed by atoms with Gasteiger partial charge in [-0.05, 0) is 29.8 Å². The Bertz CT molecular complexity index is 623. The Morgan fingerprint density at radius 3 is 1.87 bits per heavy atom. The lowest BCUT2D eigenvalue weighted by molar-refractivity contribution is -0.143. The van der Waals surface area contributed by atoms with Gasteiger partial charge < -0.3 is 4.90 Å². The van der Waals surface area contributed by atoms with Gasteiger partial charge in [0.2, 0.25) is 11.1 Å². The normalized spacial score (nSPS) is 19.3. The summed E-state index contributed by atoms with van der Waals surface area (Å²) >= 11 is 5.23. The minimum atomic E-state index is -5.01. The van der Waals surface area contributed by atoms with Gasteiger partial charge in [0.1, 0.15) is 0 Å². The highest BCUT2D eigenvalue weighted by molar-refractivity contribution is 6.64. The second kappa shape index (κ2) is 5.70. The molecule has 23 heavy (non-hydrogen) atoms. The summed E-state index contributed by atoms with van der Waals surface area (Å²) in [6, 6.07) is 0.844. The fourth-order valence-electron chi connectivity index (χ4n) is 2.20. The van der Waals surface area contributed by atoms with Crippen LogP contribution >= 0.6 is 11.6 Å². The maximum absolute atomic E-state index is 12.8. The summed E-state index contributed by atoms with van der Waals surface area (Å²) in [7, 11) is 0. The number of hydrogen-bond donors (Lipinski definition) is 0. The third-order valence-corrected chi connectivity index (χ3v) is 3.64. The van der Waals surface area contributed by atoms with E-state index in [9.17, 15) is 35.9 Å². The third kappa shape index (κ3) is 3.77. The first-order chi connectivity index (χ1) is 10.4. The van der Waals surface area contributed by atoms with Crippen molar-refractivity contribution in [3.05, 3.63) is 29.3 Å². The van der Waals surface area contributed by atoms with Gasteiger partial charge in [0.05, 0.1) is 17.0 Å². The molecule has 1 saturated heterocycles. The fraction of sp³-hybridized carbons (Fsp3) is 0.385. The number of carbonyl (C=O) groups is 2. The van der Waals surface area contributed by atoms with Crippen molar-refractivity contribution in [2.75, 3.05) is 11.4 Å². The number of alkyl halides is 6. The number of halogens is 7. The Morgan fingerprint density at radius 2 is 1.52 bits per heavy atom. The van der Waals surface area contributed by atoms with E-state index in [-0.39, 0.29) is 19.0 Å². The van der Waals surface area contributed by atoms with Crippen molar-refractivity contribution in [3.8, 4) is 0 Å². The van der Waals surface area contributed by atoms with Crippen LogP contribution in [0.4, 0.5) is 32.0 Å². The zero-order valence-corrected chi connectivity index (χ0v) is 11.9. The Hall–Kier alpha value is -1.77. The summed E-state index contributed by atoms with van der Waals surface area (Å²) in [5.41, 5.74) is -3.64. The molecule has 1 amide bonds. The first-order valence-electron chi connectivity index (χ1n) is 6.19. The highest BCUT2D eigenvalue weighted by Crippen LogP contribution is 2.39. The van der Waals surface area contributed by atoms with E-state index in [0.29, 0.717) is 17.0 Å². The number of rotatable bonds is 2. The zero-order valence-electron chi connectivity index (χ0n) is 11.1. The quantitative estimate of drug-likeness (QED) is 0.594. The molecule has 2 rings (SSSR count). The number of benzene rings is 1. The number of nitrogens with zero attached hydrogens (tertiary/aromatic N) is 1. The molecule has 1 aromatic rings. The van der Waals surface area contributed by atoms with Gasteiger partial charge in [-0.1, -0.05) is 0 Å². The molecule has 126 valence electrons. The molecule has 10 heteroatoms. The van der Waals surface area contributed by atoms with E-state index < -0.39 is 46.2 Å². The summed E-state index contributed by atoms with van der Waals surface area (Å²) in [6.07, 6.45) is -10.4. The van der Waals surface area contributed by atoms with E-state index in [1.165, 1.54) is 0 Å². The van der Waals surface area contributed by atoms with E-state index in [0.717, 1.165) is 0 Å². The molecule has 0 aliphatic carbocycles. The highest BCUT2D eigenvalue weighted by atomic mass is 35.5. The van der Waals surface area contributed by atoms with Crippen molar-refractivity contribution >= 4 is 28.4 Å². The summed E-state index contributed by atoms with van der Waals surface area (Å²) in [5.74, 6) is -1.73. The Kier molecular flexibility index (Phi) is 4.36. The number of carbonyl (C=O) groups excluding carboxylic acids is 2. The van der Waals surface area contributed by atoms with E-state index in [4.69, 9.17) is 11.6 Å². The summed E-state index contributed by atoms with van der Waals surface area (Å²) in [6.45, 7) is -0.361. The van der Waals surface area contributed by atoms with Crippen molar-refractivity contribution < 1.29 is 35.9 Å². The highest BCUT2D eigenvalue weighted by Gasteiger charge is 2.40. The van der Waals surface area contributed by atoms with Crippen LogP contribution in [0.5, 0.6) is 0 Å². The molecule has 1 aromatic carbocycles. The van der Waals surface area contributed by atoms with Crippen LogP contribution in [0.1, 0.15) is 17.5 Å². The number of hydrogen-bond acceptors (Lipinski definition) is 2. The largest absolute Gasteiger partial charge is 0.416 e. The second-order valence-electron chi connectivity index (χ2n) is 4.97. The topological polar surface area (TPSA) is 37.4 Å². The smallest absolute Gasteiger partial charge is 0.312 e. The van der Waals surface area contributed by atoms with Gasteiger partial charge in [0.25, 0.3) is 0 Å². The molecule has 3 nitrogen and oxygen atoms in total. The predicted molar refractivity (Wildman–Crippen MR) is 67.8 cm³/mol. The van der Waals surface area contributed by atoms with Crippen LogP contribution in [0.15, 0.2) is 18.2 Å². The lowest BCUT2D eigenvalue weighted by atomic mass is 10.1. The SMILES string of the molecule is O=C(Cl)C1CC(=O)N(c2cc(C(F)(F)F)cc(C(F)(F)F)c2)C1. The maximum Gasteiger partial charge on any atom is 0.416 e. The van der Waals surface area contributed by atoms with Gasteiger partial charge in [-0.15, -0.1) is 0 Å². The van der Waals surface area contributed by atoms with Gasteiger partial charge in [0, 0.05) is 18.7 Å². The van der Waals surface area contributed by atoms with Gasteiger partial charge >= 0.3 is 12.4 Å². The average molecular weight is 360 g/mol. The van der Waals surface area contributed by atoms with Crippen LogP contribution in [0.3, 0.4) is 0 Å².